The molecule has 1 aliphatic heterocycles. The number of hydrogen-bond acceptors (Lipinski definition) is 14. The molecule has 7 N–H and O–H groups in total. The highest BCUT2D eigenvalue weighted by molar-refractivity contribution is 7.80. The van der Waals surface area contributed by atoms with Crippen molar-refractivity contribution in [3.05, 3.63) is 66.0 Å². The number of benzene rings is 2. The van der Waals surface area contributed by atoms with E-state index in [1.165, 1.54) is 6.33 Å². The van der Waals surface area contributed by atoms with Crippen LogP contribution in [0.4, 0.5) is 5.69 Å². The number of ether oxygens (including phenoxy) is 1. The van der Waals surface area contributed by atoms with Crippen LogP contribution in [0.15, 0.2) is 54.9 Å². The number of carboxylic acid groups (broad SMARTS) is 3. The van der Waals surface area contributed by atoms with Gasteiger partial charge in [0, 0.05) is 89.1 Å². The molecule has 0 spiro atoms. The second-order valence-corrected chi connectivity index (χ2v) is 14.5. The van der Waals surface area contributed by atoms with E-state index in [0.717, 1.165) is 22.4 Å². The van der Waals surface area contributed by atoms with Gasteiger partial charge in [0.15, 0.2) is 11.4 Å². The van der Waals surface area contributed by atoms with Crippen molar-refractivity contribution in [2.24, 2.45) is 0 Å². The van der Waals surface area contributed by atoms with Crippen LogP contribution >= 0.6 is 12.2 Å². The molecule has 0 aliphatic carbocycles. The largest absolute Gasteiger partial charge is 0.480 e. The molecule has 20 nitrogen and oxygen atoms in total. The molecule has 2 amide bonds. The van der Waals surface area contributed by atoms with E-state index >= 15 is 0 Å². The molecule has 1 aromatic heterocycles. The molecule has 1 aliphatic rings. The van der Waals surface area contributed by atoms with Crippen LogP contribution in [-0.4, -0.2) is 170 Å². The summed E-state index contributed by atoms with van der Waals surface area (Å²) < 4.78 is 5.62. The number of nitrogens with one attached hydrogen (secondary N) is 4. The van der Waals surface area contributed by atoms with Crippen LogP contribution in [-0.2, 0) is 41.7 Å². The smallest absolute Gasteiger partial charge is 0.317 e. The second kappa shape index (κ2) is 25.7. The molecule has 0 bridgehead atoms. The lowest BCUT2D eigenvalue weighted by atomic mass is 10.0. The third kappa shape index (κ3) is 18.5. The van der Waals surface area contributed by atoms with Crippen molar-refractivity contribution in [1.29, 1.82) is 0 Å². The van der Waals surface area contributed by atoms with E-state index in [1.54, 1.807) is 14.7 Å². The SMILES string of the molecule is O=C(O)CN1CCN(CC(=O)O)CC(Cc2ccc(NC(=S)NCCCOCCNC(=O)CCCC(=O)NCc3ccc(-c4nncnn4)cc3)cc2)N(CC(=O)O)CC1. The molecule has 3 aromatic rings. The van der Waals surface area contributed by atoms with E-state index < -0.39 is 17.9 Å². The summed E-state index contributed by atoms with van der Waals surface area (Å²) >= 11 is 5.44. The Hall–Kier alpha value is -5.74. The molecule has 324 valence electrons. The Morgan fingerprint density at radius 2 is 1.32 bits per heavy atom. The topological polar surface area (TPSA) is 265 Å². The molecule has 0 radical (unpaired) electrons. The Bertz CT molecular complexity index is 1840. The molecule has 4 rings (SSSR count). The Balaban J connectivity index is 1.07. The van der Waals surface area contributed by atoms with E-state index in [2.05, 4.69) is 41.7 Å². The van der Waals surface area contributed by atoms with Gasteiger partial charge in [-0.25, -0.2) is 0 Å². The zero-order chi connectivity index (χ0) is 43.1. The van der Waals surface area contributed by atoms with Gasteiger partial charge in [0.05, 0.1) is 26.2 Å². The third-order valence-electron chi connectivity index (χ3n) is 9.40. The number of carbonyl (C=O) groups is 5. The molecule has 1 fully saturated rings. The van der Waals surface area contributed by atoms with Gasteiger partial charge in [-0.2, -0.15) is 0 Å². The van der Waals surface area contributed by atoms with Gasteiger partial charge in [-0.15, -0.1) is 20.4 Å². The summed E-state index contributed by atoms with van der Waals surface area (Å²) in [5, 5.41) is 56.1. The van der Waals surface area contributed by atoms with Gasteiger partial charge in [-0.05, 0) is 54.7 Å². The fraction of sp³-hybridized carbons (Fsp3) is 0.487. The number of nitrogens with zero attached hydrogens (tertiary/aromatic N) is 7. The summed E-state index contributed by atoms with van der Waals surface area (Å²) in [5.41, 5.74) is 3.34. The first-order chi connectivity index (χ1) is 28.9. The van der Waals surface area contributed by atoms with Crippen LogP contribution in [0, 0.1) is 0 Å². The van der Waals surface area contributed by atoms with Crippen LogP contribution in [0.2, 0.25) is 0 Å². The molecule has 1 unspecified atom stereocenters. The fourth-order valence-corrected chi connectivity index (χ4v) is 6.62. The van der Waals surface area contributed by atoms with Gasteiger partial charge < -0.3 is 41.3 Å². The molecule has 2 heterocycles. The van der Waals surface area contributed by atoms with Crippen LogP contribution in [0.1, 0.15) is 36.8 Å². The highest BCUT2D eigenvalue weighted by Crippen LogP contribution is 2.17. The lowest BCUT2D eigenvalue weighted by Gasteiger charge is -2.33. The van der Waals surface area contributed by atoms with Gasteiger partial charge in [0.2, 0.25) is 17.6 Å². The Labute approximate surface area is 353 Å². The summed E-state index contributed by atoms with van der Waals surface area (Å²) in [4.78, 5) is 64.4. The van der Waals surface area contributed by atoms with Crippen molar-refractivity contribution in [2.45, 2.75) is 44.7 Å². The lowest BCUT2D eigenvalue weighted by molar-refractivity contribution is -0.140. The monoisotopic (exact) mass is 851 g/mol. The molecule has 60 heavy (non-hydrogen) atoms. The third-order valence-corrected chi connectivity index (χ3v) is 9.64. The van der Waals surface area contributed by atoms with Crippen LogP contribution in [0.5, 0.6) is 0 Å². The Morgan fingerprint density at radius 3 is 2.00 bits per heavy atom. The number of carboxylic acids is 3. The normalized spacial score (nSPS) is 15.2. The summed E-state index contributed by atoms with van der Waals surface area (Å²) in [6.45, 7) is 2.99. The van der Waals surface area contributed by atoms with E-state index in [1.807, 2.05) is 48.5 Å². The average Bonchev–Trinajstić information content (AvgIpc) is 3.28. The maximum absolute atomic E-state index is 12.2. The fourth-order valence-electron chi connectivity index (χ4n) is 6.40. The molecule has 2 aromatic carbocycles. The van der Waals surface area contributed by atoms with Crippen LogP contribution in [0.3, 0.4) is 0 Å². The highest BCUT2D eigenvalue weighted by Gasteiger charge is 2.28. The van der Waals surface area contributed by atoms with E-state index in [-0.39, 0.29) is 50.3 Å². The Kier molecular flexibility index (Phi) is 20.1. The van der Waals surface area contributed by atoms with Gasteiger partial charge >= 0.3 is 17.9 Å². The summed E-state index contributed by atoms with van der Waals surface area (Å²) in [6, 6.07) is 14.6. The van der Waals surface area contributed by atoms with Crippen LogP contribution in [0.25, 0.3) is 11.4 Å². The molecule has 21 heteroatoms. The first-order valence-corrected chi connectivity index (χ1v) is 20.0. The first kappa shape index (κ1) is 46.9. The minimum atomic E-state index is -1.02. The first-order valence-electron chi connectivity index (χ1n) is 19.6. The number of anilines is 1. The number of thiocarbonyl (C=S) groups is 1. The molecule has 1 saturated heterocycles. The van der Waals surface area contributed by atoms with E-state index in [9.17, 15) is 39.3 Å². The van der Waals surface area contributed by atoms with Crippen molar-refractivity contribution in [2.75, 3.05) is 84.0 Å². The Morgan fingerprint density at radius 1 is 0.700 bits per heavy atom. The van der Waals surface area contributed by atoms with Gasteiger partial charge in [0.1, 0.15) is 0 Å². The van der Waals surface area contributed by atoms with Crippen molar-refractivity contribution in [3.8, 4) is 11.4 Å². The standard InChI is InChI=1S/C39H53N11O9S/c51-33(3-1-4-34(52)42-22-29-5-9-30(10-6-29)38-46-43-27-44-47-38)40-14-20-59-19-2-13-41-39(60)45-31-11-7-28(8-12-31)21-32-23-49(25-36(55)56)16-15-48(24-35(53)54)17-18-50(32)26-37(57)58/h5-12,27,32H,1-4,13-26H2,(H,40,51)(H,42,52)(H,53,54)(H,55,56)(H,57,58)(H2,41,45,60). The zero-order valence-corrected chi connectivity index (χ0v) is 34.1. The van der Waals surface area contributed by atoms with Gasteiger partial charge in [0.25, 0.3) is 0 Å². The quantitative estimate of drug-likeness (QED) is 0.0500. The number of hydrogen-bond donors (Lipinski definition) is 7. The predicted molar refractivity (Wildman–Crippen MR) is 223 cm³/mol. The molecular weight excluding hydrogens is 799 g/mol. The lowest BCUT2D eigenvalue weighted by Crippen LogP contribution is -2.49. The number of aromatic nitrogens is 4. The van der Waals surface area contributed by atoms with Gasteiger partial charge in [-0.3, -0.25) is 38.7 Å². The minimum absolute atomic E-state index is 0.139. The summed E-state index contributed by atoms with van der Waals surface area (Å²) in [5.74, 6) is -2.91. The number of rotatable bonds is 23. The minimum Gasteiger partial charge on any atom is -0.480 e. The van der Waals surface area contributed by atoms with Gasteiger partial charge in [-0.1, -0.05) is 36.4 Å². The van der Waals surface area contributed by atoms with Crippen LogP contribution < -0.4 is 21.3 Å². The maximum Gasteiger partial charge on any atom is 0.317 e. The van der Waals surface area contributed by atoms with Crippen molar-refractivity contribution >= 4 is 52.7 Å². The molecule has 0 saturated carbocycles. The molecular formula is C39H53N11O9S. The molecule has 1 atom stereocenters. The zero-order valence-electron chi connectivity index (χ0n) is 33.3. The van der Waals surface area contributed by atoms with Crippen molar-refractivity contribution in [1.82, 2.24) is 51.0 Å². The highest BCUT2D eigenvalue weighted by atomic mass is 32.1. The van der Waals surface area contributed by atoms with Crippen molar-refractivity contribution < 1.29 is 44.0 Å². The summed E-state index contributed by atoms with van der Waals surface area (Å²) in [6.07, 6.45) is 3.27. The predicted octanol–water partition coefficient (Wildman–Crippen LogP) is 0.314. The van der Waals surface area contributed by atoms with Crippen molar-refractivity contribution in [3.63, 3.8) is 0 Å². The van der Waals surface area contributed by atoms with E-state index in [4.69, 9.17) is 17.0 Å². The maximum atomic E-state index is 12.2. The summed E-state index contributed by atoms with van der Waals surface area (Å²) in [7, 11) is 0. The number of aliphatic carboxylic acids is 3. The number of carbonyl (C=O) groups excluding carboxylic acids is 2. The second-order valence-electron chi connectivity index (χ2n) is 14.1. The van der Waals surface area contributed by atoms with E-state index in [0.29, 0.717) is 95.8 Å². The number of amides is 2. The average molecular weight is 852 g/mol.